The average Bonchev–Trinajstić information content (AvgIpc) is 2.54. The number of nitrogens with one attached hydrogen (secondary N) is 2. The molecule has 1 fully saturated rings. The minimum atomic E-state index is -1.16. The summed E-state index contributed by atoms with van der Waals surface area (Å²) >= 11 is 0. The van der Waals surface area contributed by atoms with Gasteiger partial charge >= 0.3 is 6.03 Å². The maximum absolute atomic E-state index is 11.7. The highest BCUT2D eigenvalue weighted by Crippen LogP contribution is 2.24. The molecule has 1 aromatic rings. The topological polar surface area (TPSA) is 101 Å². The third kappa shape index (κ3) is 1.73. The standard InChI is InChI=1S/C11H11N3O3/c1-11(9(16)13-10(17)14-11)7-4-2-3-6(5-7)8(12)15/h2-5H,1H3,(H2,12,15)(H2,13,14,16,17). The number of carbonyl (C=O) groups is 3. The molecule has 1 heterocycles. The molecule has 1 atom stereocenters. The predicted octanol–water partition coefficient (Wildman–Crippen LogP) is -0.160. The van der Waals surface area contributed by atoms with Crippen molar-refractivity contribution in [1.29, 1.82) is 0 Å². The number of primary amides is 1. The van der Waals surface area contributed by atoms with Crippen molar-refractivity contribution in [2.45, 2.75) is 12.5 Å². The molecule has 6 nitrogen and oxygen atoms in total. The molecule has 1 aromatic carbocycles. The Bertz CT molecular complexity index is 526. The van der Waals surface area contributed by atoms with Crippen LogP contribution in [0.1, 0.15) is 22.8 Å². The second-order valence-electron chi connectivity index (χ2n) is 3.98. The third-order valence-electron chi connectivity index (χ3n) is 2.77. The Kier molecular flexibility index (Phi) is 2.35. The molecule has 0 bridgehead atoms. The Labute approximate surface area is 97.2 Å². The first-order valence-corrected chi connectivity index (χ1v) is 4.97. The number of nitrogens with two attached hydrogens (primary N) is 1. The summed E-state index contributed by atoms with van der Waals surface area (Å²) in [6.07, 6.45) is 0. The van der Waals surface area contributed by atoms with Crippen LogP contribution in [0.15, 0.2) is 24.3 Å². The van der Waals surface area contributed by atoms with Crippen molar-refractivity contribution in [2.24, 2.45) is 5.73 Å². The maximum atomic E-state index is 11.7. The molecule has 1 unspecified atom stereocenters. The smallest absolute Gasteiger partial charge is 0.322 e. The van der Waals surface area contributed by atoms with E-state index in [4.69, 9.17) is 5.73 Å². The van der Waals surface area contributed by atoms with Crippen LogP contribution in [0.3, 0.4) is 0 Å². The first kappa shape index (κ1) is 11.1. The zero-order valence-electron chi connectivity index (χ0n) is 9.11. The Morgan fingerprint density at radius 1 is 1.35 bits per heavy atom. The number of benzene rings is 1. The Morgan fingerprint density at radius 3 is 2.59 bits per heavy atom. The van der Waals surface area contributed by atoms with Crippen molar-refractivity contribution >= 4 is 17.8 Å². The van der Waals surface area contributed by atoms with Crippen molar-refractivity contribution in [2.75, 3.05) is 0 Å². The zero-order valence-corrected chi connectivity index (χ0v) is 9.11. The Morgan fingerprint density at radius 2 is 2.06 bits per heavy atom. The van der Waals surface area contributed by atoms with Crippen LogP contribution in [0, 0.1) is 0 Å². The van der Waals surface area contributed by atoms with E-state index in [-0.39, 0.29) is 5.56 Å². The molecule has 0 aliphatic carbocycles. The molecule has 0 spiro atoms. The van der Waals surface area contributed by atoms with Gasteiger partial charge in [-0.2, -0.15) is 0 Å². The van der Waals surface area contributed by atoms with Crippen LogP contribution in [0.25, 0.3) is 0 Å². The van der Waals surface area contributed by atoms with E-state index in [1.807, 2.05) is 0 Å². The maximum Gasteiger partial charge on any atom is 0.322 e. The van der Waals surface area contributed by atoms with E-state index < -0.39 is 23.4 Å². The molecule has 4 N–H and O–H groups in total. The van der Waals surface area contributed by atoms with Crippen molar-refractivity contribution in [3.05, 3.63) is 35.4 Å². The molecule has 1 aliphatic rings. The van der Waals surface area contributed by atoms with Crippen molar-refractivity contribution in [1.82, 2.24) is 10.6 Å². The summed E-state index contributed by atoms with van der Waals surface area (Å²) in [5, 5.41) is 4.66. The minimum Gasteiger partial charge on any atom is -0.366 e. The van der Waals surface area contributed by atoms with Gasteiger partial charge in [0.2, 0.25) is 5.91 Å². The highest BCUT2D eigenvalue weighted by atomic mass is 16.2. The molecule has 88 valence electrons. The van der Waals surface area contributed by atoms with Gasteiger partial charge in [-0.15, -0.1) is 0 Å². The number of imide groups is 1. The number of amides is 4. The molecule has 6 heteroatoms. The lowest BCUT2D eigenvalue weighted by atomic mass is 9.91. The van der Waals surface area contributed by atoms with Gasteiger partial charge in [-0.3, -0.25) is 14.9 Å². The van der Waals surface area contributed by atoms with Crippen LogP contribution in [-0.4, -0.2) is 17.8 Å². The van der Waals surface area contributed by atoms with Gasteiger partial charge in [-0.05, 0) is 24.6 Å². The van der Waals surface area contributed by atoms with E-state index in [0.717, 1.165) is 0 Å². The van der Waals surface area contributed by atoms with E-state index >= 15 is 0 Å². The molecule has 17 heavy (non-hydrogen) atoms. The van der Waals surface area contributed by atoms with Crippen LogP contribution >= 0.6 is 0 Å². The lowest BCUT2D eigenvalue weighted by Gasteiger charge is -2.21. The summed E-state index contributed by atoms with van der Waals surface area (Å²) in [6.45, 7) is 1.56. The van der Waals surface area contributed by atoms with Gasteiger partial charge in [0, 0.05) is 5.56 Å². The second-order valence-corrected chi connectivity index (χ2v) is 3.98. The fourth-order valence-corrected chi connectivity index (χ4v) is 1.73. The number of urea groups is 1. The molecule has 4 amide bonds. The summed E-state index contributed by atoms with van der Waals surface area (Å²) in [6, 6.07) is 5.75. The van der Waals surface area contributed by atoms with E-state index in [9.17, 15) is 14.4 Å². The van der Waals surface area contributed by atoms with Gasteiger partial charge in [-0.1, -0.05) is 12.1 Å². The number of rotatable bonds is 2. The van der Waals surface area contributed by atoms with Gasteiger partial charge in [0.05, 0.1) is 0 Å². The van der Waals surface area contributed by atoms with E-state index in [0.29, 0.717) is 5.56 Å². The summed E-state index contributed by atoms with van der Waals surface area (Å²) in [4.78, 5) is 33.9. The molecule has 1 aliphatic heterocycles. The van der Waals surface area contributed by atoms with Gasteiger partial charge < -0.3 is 11.1 Å². The van der Waals surface area contributed by atoms with Crippen molar-refractivity contribution < 1.29 is 14.4 Å². The third-order valence-corrected chi connectivity index (χ3v) is 2.77. The first-order valence-electron chi connectivity index (χ1n) is 4.97. The molecule has 2 rings (SSSR count). The van der Waals surface area contributed by atoms with Gasteiger partial charge in [0.15, 0.2) is 0 Å². The average molecular weight is 233 g/mol. The number of carbonyl (C=O) groups excluding carboxylic acids is 3. The van der Waals surface area contributed by atoms with Crippen LogP contribution in [-0.2, 0) is 10.3 Å². The van der Waals surface area contributed by atoms with Crippen molar-refractivity contribution in [3.63, 3.8) is 0 Å². The van der Waals surface area contributed by atoms with Crippen LogP contribution in [0.4, 0.5) is 4.79 Å². The van der Waals surface area contributed by atoms with Crippen LogP contribution < -0.4 is 16.4 Å². The molecular formula is C11H11N3O3. The van der Waals surface area contributed by atoms with E-state index in [1.54, 1.807) is 25.1 Å². The predicted molar refractivity (Wildman–Crippen MR) is 59.0 cm³/mol. The van der Waals surface area contributed by atoms with Gasteiger partial charge in [-0.25, -0.2) is 4.79 Å². The normalized spacial score (nSPS) is 23.1. The Balaban J connectivity index is 2.47. The highest BCUT2D eigenvalue weighted by Gasteiger charge is 2.43. The highest BCUT2D eigenvalue weighted by molar-refractivity contribution is 6.07. The summed E-state index contributed by atoms with van der Waals surface area (Å²) in [5.74, 6) is -1.04. The van der Waals surface area contributed by atoms with Crippen LogP contribution in [0.2, 0.25) is 0 Å². The lowest BCUT2D eigenvalue weighted by Crippen LogP contribution is -2.40. The summed E-state index contributed by atoms with van der Waals surface area (Å²) in [5.41, 5.74) is 4.80. The Hall–Kier alpha value is -2.37. The molecule has 0 saturated carbocycles. The second kappa shape index (κ2) is 3.58. The molecule has 0 radical (unpaired) electrons. The van der Waals surface area contributed by atoms with E-state index in [2.05, 4.69) is 10.6 Å². The SMILES string of the molecule is CC1(c2cccc(C(N)=O)c2)NC(=O)NC1=O. The fourth-order valence-electron chi connectivity index (χ4n) is 1.73. The van der Waals surface area contributed by atoms with Crippen LogP contribution in [0.5, 0.6) is 0 Å². The molecule has 0 aromatic heterocycles. The summed E-state index contributed by atoms with van der Waals surface area (Å²) < 4.78 is 0. The number of hydrogen-bond donors (Lipinski definition) is 3. The minimum absolute atomic E-state index is 0.290. The lowest BCUT2D eigenvalue weighted by molar-refractivity contribution is -0.123. The number of hydrogen-bond acceptors (Lipinski definition) is 3. The quantitative estimate of drug-likeness (QED) is 0.618. The zero-order chi connectivity index (χ0) is 12.6. The van der Waals surface area contributed by atoms with Gasteiger partial charge in [0.1, 0.15) is 5.54 Å². The van der Waals surface area contributed by atoms with Crippen molar-refractivity contribution in [3.8, 4) is 0 Å². The summed E-state index contributed by atoms with van der Waals surface area (Å²) in [7, 11) is 0. The fraction of sp³-hybridized carbons (Fsp3) is 0.182. The van der Waals surface area contributed by atoms with Gasteiger partial charge in [0.25, 0.3) is 5.91 Å². The van der Waals surface area contributed by atoms with E-state index in [1.165, 1.54) is 6.07 Å². The molecule has 1 saturated heterocycles. The monoisotopic (exact) mass is 233 g/mol. The molecular weight excluding hydrogens is 222 g/mol. The largest absolute Gasteiger partial charge is 0.366 e. The first-order chi connectivity index (χ1) is 7.93.